The third-order valence-electron chi connectivity index (χ3n) is 2.42. The van der Waals surface area contributed by atoms with Gasteiger partial charge in [0.25, 0.3) is 0 Å². The number of aryl methyl sites for hydroxylation is 2. The van der Waals surface area contributed by atoms with Gasteiger partial charge in [0.2, 0.25) is 0 Å². The lowest BCUT2D eigenvalue weighted by Crippen LogP contribution is -2.10. The van der Waals surface area contributed by atoms with Crippen molar-refractivity contribution >= 4 is 5.82 Å². The molecule has 0 bridgehead atoms. The number of nitrogens with one attached hydrogen (secondary N) is 1. The van der Waals surface area contributed by atoms with Gasteiger partial charge in [-0.05, 0) is 19.8 Å². The summed E-state index contributed by atoms with van der Waals surface area (Å²) >= 11 is 0. The molecule has 0 radical (unpaired) electrons. The molecule has 3 nitrogen and oxygen atoms in total. The summed E-state index contributed by atoms with van der Waals surface area (Å²) < 4.78 is 0. The molecule has 15 heavy (non-hydrogen) atoms. The predicted octanol–water partition coefficient (Wildman–Crippen LogP) is 2.90. The van der Waals surface area contributed by atoms with E-state index in [1.54, 1.807) is 0 Å². The maximum atomic E-state index is 4.54. The second-order valence-corrected chi connectivity index (χ2v) is 4.03. The Morgan fingerprint density at radius 3 is 2.33 bits per heavy atom. The minimum Gasteiger partial charge on any atom is -0.370 e. The second kappa shape index (κ2) is 5.10. The third-order valence-corrected chi connectivity index (χ3v) is 2.42. The van der Waals surface area contributed by atoms with Gasteiger partial charge in [0.05, 0.1) is 0 Å². The summed E-state index contributed by atoms with van der Waals surface area (Å²) in [5, 5.41) is 3.32. The van der Waals surface area contributed by atoms with Crippen molar-refractivity contribution in [3.05, 3.63) is 17.1 Å². The van der Waals surface area contributed by atoms with Crippen LogP contribution >= 0.6 is 0 Å². The smallest absolute Gasteiger partial charge is 0.133 e. The fourth-order valence-corrected chi connectivity index (χ4v) is 1.79. The van der Waals surface area contributed by atoms with E-state index in [1.807, 2.05) is 0 Å². The highest BCUT2D eigenvalue weighted by Gasteiger charge is 2.13. The van der Waals surface area contributed by atoms with E-state index < -0.39 is 0 Å². The molecule has 0 aliphatic heterocycles. The number of aromatic nitrogens is 2. The molecule has 0 amide bonds. The molecule has 1 heterocycles. The Hall–Kier alpha value is -1.12. The zero-order valence-corrected chi connectivity index (χ0v) is 10.4. The molecule has 0 aliphatic rings. The molecule has 0 fully saturated rings. The van der Waals surface area contributed by atoms with E-state index in [9.17, 15) is 0 Å². The van der Waals surface area contributed by atoms with E-state index in [0.717, 1.165) is 30.3 Å². The average Bonchev–Trinajstić information content (AvgIpc) is 2.16. The molecular weight excluding hydrogens is 186 g/mol. The first kappa shape index (κ1) is 12.0. The van der Waals surface area contributed by atoms with Crippen LogP contribution in [-0.2, 0) is 6.42 Å². The van der Waals surface area contributed by atoms with Gasteiger partial charge in [-0.15, -0.1) is 0 Å². The Bertz CT molecular complexity index is 332. The van der Waals surface area contributed by atoms with E-state index in [0.29, 0.717) is 5.92 Å². The summed E-state index contributed by atoms with van der Waals surface area (Å²) in [6.07, 6.45) is 0.887. The molecule has 1 rings (SSSR count). The Morgan fingerprint density at radius 1 is 1.20 bits per heavy atom. The number of rotatable bonds is 4. The topological polar surface area (TPSA) is 37.8 Å². The van der Waals surface area contributed by atoms with E-state index >= 15 is 0 Å². The van der Waals surface area contributed by atoms with Gasteiger partial charge in [-0.1, -0.05) is 20.8 Å². The first-order chi connectivity index (χ1) is 7.10. The lowest BCUT2D eigenvalue weighted by atomic mass is 10.0. The Balaban J connectivity index is 3.22. The molecule has 0 unspecified atom stereocenters. The zero-order valence-electron chi connectivity index (χ0n) is 10.4. The molecule has 0 aromatic carbocycles. The maximum absolute atomic E-state index is 4.54. The van der Waals surface area contributed by atoms with Gasteiger partial charge < -0.3 is 5.32 Å². The number of nitrogens with zero attached hydrogens (tertiary/aromatic N) is 2. The van der Waals surface area contributed by atoms with Crippen molar-refractivity contribution in [3.63, 3.8) is 0 Å². The summed E-state index contributed by atoms with van der Waals surface area (Å²) in [5.74, 6) is 2.40. The lowest BCUT2D eigenvalue weighted by molar-refractivity contribution is 0.806. The molecule has 84 valence electrons. The molecule has 0 spiro atoms. The molecule has 1 aromatic heterocycles. The normalized spacial score (nSPS) is 10.8. The van der Waals surface area contributed by atoms with Crippen LogP contribution in [0.1, 0.15) is 50.7 Å². The van der Waals surface area contributed by atoms with Crippen LogP contribution in [0.5, 0.6) is 0 Å². The SMILES string of the molecule is CCNc1nc(CC)nc(C)c1C(C)C. The van der Waals surface area contributed by atoms with Gasteiger partial charge in [0, 0.05) is 24.2 Å². The largest absolute Gasteiger partial charge is 0.370 e. The molecule has 3 heteroatoms. The van der Waals surface area contributed by atoms with Crippen LogP contribution in [-0.4, -0.2) is 16.5 Å². The highest BCUT2D eigenvalue weighted by Crippen LogP contribution is 2.25. The van der Waals surface area contributed by atoms with Crippen LogP contribution in [0.3, 0.4) is 0 Å². The first-order valence-corrected chi connectivity index (χ1v) is 5.71. The van der Waals surface area contributed by atoms with Gasteiger partial charge in [-0.3, -0.25) is 0 Å². The van der Waals surface area contributed by atoms with E-state index in [1.165, 1.54) is 5.56 Å². The Labute approximate surface area is 92.3 Å². The van der Waals surface area contributed by atoms with Gasteiger partial charge >= 0.3 is 0 Å². The highest BCUT2D eigenvalue weighted by molar-refractivity contribution is 5.48. The summed E-state index contributed by atoms with van der Waals surface area (Å²) in [6, 6.07) is 0. The quantitative estimate of drug-likeness (QED) is 0.825. The highest BCUT2D eigenvalue weighted by atomic mass is 15.0. The number of hydrogen-bond donors (Lipinski definition) is 1. The molecule has 1 N–H and O–H groups in total. The van der Waals surface area contributed by atoms with Crippen LogP contribution in [0, 0.1) is 6.92 Å². The van der Waals surface area contributed by atoms with Gasteiger partial charge in [0.1, 0.15) is 11.6 Å². The Kier molecular flexibility index (Phi) is 4.06. The minimum absolute atomic E-state index is 0.463. The maximum Gasteiger partial charge on any atom is 0.133 e. The molecule has 0 aliphatic carbocycles. The van der Waals surface area contributed by atoms with Crippen LogP contribution < -0.4 is 5.32 Å². The second-order valence-electron chi connectivity index (χ2n) is 4.03. The fourth-order valence-electron chi connectivity index (χ4n) is 1.79. The zero-order chi connectivity index (χ0) is 11.4. The van der Waals surface area contributed by atoms with Gasteiger partial charge in [0.15, 0.2) is 0 Å². The van der Waals surface area contributed by atoms with Crippen molar-refractivity contribution in [1.29, 1.82) is 0 Å². The van der Waals surface area contributed by atoms with Crippen LogP contribution in [0.4, 0.5) is 5.82 Å². The Morgan fingerprint density at radius 2 is 1.87 bits per heavy atom. The molecule has 1 aromatic rings. The average molecular weight is 207 g/mol. The van der Waals surface area contributed by atoms with E-state index in [-0.39, 0.29) is 0 Å². The fraction of sp³-hybridized carbons (Fsp3) is 0.667. The lowest BCUT2D eigenvalue weighted by Gasteiger charge is -2.16. The van der Waals surface area contributed by atoms with Crippen molar-refractivity contribution in [3.8, 4) is 0 Å². The third kappa shape index (κ3) is 2.67. The van der Waals surface area contributed by atoms with Crippen LogP contribution in [0.2, 0.25) is 0 Å². The summed E-state index contributed by atoms with van der Waals surface area (Å²) in [6.45, 7) is 11.5. The first-order valence-electron chi connectivity index (χ1n) is 5.71. The standard InChI is InChI=1S/C12H21N3/c1-6-10-14-9(5)11(8(3)4)12(15-10)13-7-2/h8H,6-7H2,1-5H3,(H,13,14,15). The summed E-state index contributed by atoms with van der Waals surface area (Å²) in [7, 11) is 0. The summed E-state index contributed by atoms with van der Waals surface area (Å²) in [5.41, 5.74) is 2.35. The predicted molar refractivity (Wildman–Crippen MR) is 64.4 cm³/mol. The number of anilines is 1. The molecule has 0 saturated heterocycles. The van der Waals surface area contributed by atoms with Gasteiger partial charge in [-0.2, -0.15) is 0 Å². The van der Waals surface area contributed by atoms with E-state index in [4.69, 9.17) is 0 Å². The molecular formula is C12H21N3. The van der Waals surface area contributed by atoms with Crippen molar-refractivity contribution < 1.29 is 0 Å². The van der Waals surface area contributed by atoms with Crippen LogP contribution in [0.25, 0.3) is 0 Å². The monoisotopic (exact) mass is 207 g/mol. The minimum atomic E-state index is 0.463. The van der Waals surface area contributed by atoms with Crippen molar-refractivity contribution in [2.45, 2.75) is 47.0 Å². The summed E-state index contributed by atoms with van der Waals surface area (Å²) in [4.78, 5) is 9.05. The number of hydrogen-bond acceptors (Lipinski definition) is 3. The van der Waals surface area contributed by atoms with Gasteiger partial charge in [-0.25, -0.2) is 9.97 Å². The van der Waals surface area contributed by atoms with Crippen molar-refractivity contribution in [2.24, 2.45) is 0 Å². The van der Waals surface area contributed by atoms with Crippen molar-refractivity contribution in [1.82, 2.24) is 9.97 Å². The van der Waals surface area contributed by atoms with E-state index in [2.05, 4.69) is 49.9 Å². The molecule has 0 saturated carbocycles. The molecule has 0 atom stereocenters. The van der Waals surface area contributed by atoms with Crippen LogP contribution in [0.15, 0.2) is 0 Å². The van der Waals surface area contributed by atoms with Crippen molar-refractivity contribution in [2.75, 3.05) is 11.9 Å².